The Hall–Kier alpha value is -3.68. The Labute approximate surface area is 173 Å². The predicted octanol–water partition coefficient (Wildman–Crippen LogP) is 2.68. The van der Waals surface area contributed by atoms with E-state index in [9.17, 15) is 19.2 Å². The normalized spacial score (nSPS) is 11.4. The molecule has 0 saturated heterocycles. The molecule has 8 heteroatoms. The molecule has 2 aromatic rings. The van der Waals surface area contributed by atoms with Crippen molar-refractivity contribution < 1.29 is 29.4 Å². The van der Waals surface area contributed by atoms with Crippen molar-refractivity contribution in [3.8, 4) is 11.1 Å². The van der Waals surface area contributed by atoms with Crippen molar-refractivity contribution in [3.63, 3.8) is 0 Å². The highest BCUT2D eigenvalue weighted by Crippen LogP contribution is 2.23. The zero-order valence-electron chi connectivity index (χ0n) is 16.6. The van der Waals surface area contributed by atoms with Gasteiger partial charge in [0.1, 0.15) is 0 Å². The molecule has 0 bridgehead atoms. The third-order valence-electron chi connectivity index (χ3n) is 4.30. The molecule has 0 saturated carbocycles. The van der Waals surface area contributed by atoms with Crippen LogP contribution in [0.3, 0.4) is 0 Å². The van der Waals surface area contributed by atoms with Crippen LogP contribution in [0.5, 0.6) is 0 Å². The lowest BCUT2D eigenvalue weighted by molar-refractivity contribution is -0.140. The van der Waals surface area contributed by atoms with Gasteiger partial charge >= 0.3 is 11.9 Å². The van der Waals surface area contributed by atoms with Crippen LogP contribution in [0.1, 0.15) is 31.7 Å². The van der Waals surface area contributed by atoms with E-state index in [2.05, 4.69) is 10.6 Å². The van der Waals surface area contributed by atoms with Gasteiger partial charge in [0.15, 0.2) is 0 Å². The van der Waals surface area contributed by atoms with Gasteiger partial charge in [-0.2, -0.15) is 0 Å². The molecule has 0 aliphatic rings. The van der Waals surface area contributed by atoms with Gasteiger partial charge in [-0.05, 0) is 35.2 Å². The van der Waals surface area contributed by atoms with Crippen LogP contribution in [0.15, 0.2) is 48.5 Å². The lowest BCUT2D eigenvalue weighted by Gasteiger charge is -2.17. The van der Waals surface area contributed by atoms with Gasteiger partial charge < -0.3 is 20.8 Å². The topological polar surface area (TPSA) is 133 Å². The summed E-state index contributed by atoms with van der Waals surface area (Å²) in [5.41, 5.74) is 3.36. The van der Waals surface area contributed by atoms with Crippen molar-refractivity contribution >= 4 is 29.4 Å². The van der Waals surface area contributed by atoms with E-state index in [0.29, 0.717) is 12.1 Å². The molecule has 4 N–H and O–H groups in total. The Morgan fingerprint density at radius 2 is 1.60 bits per heavy atom. The van der Waals surface area contributed by atoms with Gasteiger partial charge in [-0.3, -0.25) is 19.2 Å². The van der Waals surface area contributed by atoms with Crippen LogP contribution in [0, 0.1) is 0 Å². The first kappa shape index (κ1) is 22.6. The third-order valence-corrected chi connectivity index (χ3v) is 4.30. The lowest BCUT2D eigenvalue weighted by atomic mass is 9.99. The second-order valence-corrected chi connectivity index (χ2v) is 6.92. The zero-order chi connectivity index (χ0) is 22.1. The minimum atomic E-state index is -1.09. The Balaban J connectivity index is 2.07. The summed E-state index contributed by atoms with van der Waals surface area (Å²) in [7, 11) is 0. The van der Waals surface area contributed by atoms with Gasteiger partial charge in [-0.15, -0.1) is 0 Å². The van der Waals surface area contributed by atoms with Crippen LogP contribution >= 0.6 is 0 Å². The second kappa shape index (κ2) is 10.8. The summed E-state index contributed by atoms with van der Waals surface area (Å²) in [5.74, 6) is -2.78. The SMILES string of the molecule is CC(=O)Nc1cccc(-c2ccc(CC(CC(=O)O)NC(=O)CCC(=O)O)cc2)c1. The molecule has 2 aromatic carbocycles. The molecule has 1 atom stereocenters. The standard InChI is InChI=1S/C22H24N2O6/c1-14(25)23-18-4-2-3-17(12-18)16-7-5-15(6-8-16)11-19(13-22(29)30)24-20(26)9-10-21(27)28/h2-8,12,19H,9-11,13H2,1H3,(H,23,25)(H,24,26)(H,27,28)(H,29,30). The van der Waals surface area contributed by atoms with Crippen LogP contribution in [-0.2, 0) is 25.6 Å². The predicted molar refractivity (Wildman–Crippen MR) is 111 cm³/mol. The maximum atomic E-state index is 11.9. The Kier molecular flexibility index (Phi) is 8.10. The van der Waals surface area contributed by atoms with Crippen molar-refractivity contribution in [3.05, 3.63) is 54.1 Å². The minimum Gasteiger partial charge on any atom is -0.481 e. The van der Waals surface area contributed by atoms with Crippen LogP contribution in [0.2, 0.25) is 0 Å². The van der Waals surface area contributed by atoms with E-state index in [4.69, 9.17) is 10.2 Å². The van der Waals surface area contributed by atoms with E-state index >= 15 is 0 Å². The van der Waals surface area contributed by atoms with Crippen molar-refractivity contribution in [2.24, 2.45) is 0 Å². The monoisotopic (exact) mass is 412 g/mol. The van der Waals surface area contributed by atoms with Crippen molar-refractivity contribution in [2.75, 3.05) is 5.32 Å². The summed E-state index contributed by atoms with van der Waals surface area (Å²) < 4.78 is 0. The van der Waals surface area contributed by atoms with Crippen LogP contribution in [-0.4, -0.2) is 40.0 Å². The molecule has 30 heavy (non-hydrogen) atoms. The molecule has 0 spiro atoms. The average Bonchev–Trinajstić information content (AvgIpc) is 2.66. The van der Waals surface area contributed by atoms with Gasteiger partial charge in [-0.1, -0.05) is 36.4 Å². The summed E-state index contributed by atoms with van der Waals surface area (Å²) in [4.78, 5) is 44.8. The van der Waals surface area contributed by atoms with E-state index in [0.717, 1.165) is 16.7 Å². The van der Waals surface area contributed by atoms with Gasteiger partial charge in [0.2, 0.25) is 11.8 Å². The number of carboxylic acid groups (broad SMARTS) is 2. The molecule has 0 heterocycles. The van der Waals surface area contributed by atoms with Crippen molar-refractivity contribution in [1.82, 2.24) is 5.32 Å². The molecule has 2 amide bonds. The summed E-state index contributed by atoms with van der Waals surface area (Å²) in [6.45, 7) is 1.44. The molecule has 0 radical (unpaired) electrons. The minimum absolute atomic E-state index is 0.155. The zero-order valence-corrected chi connectivity index (χ0v) is 16.6. The molecule has 158 valence electrons. The number of rotatable bonds is 10. The van der Waals surface area contributed by atoms with E-state index in [1.807, 2.05) is 42.5 Å². The van der Waals surface area contributed by atoms with E-state index in [1.54, 1.807) is 6.07 Å². The molecule has 1 unspecified atom stereocenters. The number of hydrogen-bond donors (Lipinski definition) is 4. The summed E-state index contributed by atoms with van der Waals surface area (Å²) in [5, 5.41) is 23.1. The number of nitrogens with one attached hydrogen (secondary N) is 2. The number of carbonyl (C=O) groups excluding carboxylic acids is 2. The highest BCUT2D eigenvalue weighted by atomic mass is 16.4. The Bertz CT molecular complexity index is 923. The number of aliphatic carboxylic acids is 2. The van der Waals surface area contributed by atoms with Gasteiger partial charge in [0.05, 0.1) is 12.8 Å². The first-order valence-corrected chi connectivity index (χ1v) is 9.43. The fraction of sp³-hybridized carbons (Fsp3) is 0.273. The van der Waals surface area contributed by atoms with Gasteiger partial charge in [-0.25, -0.2) is 0 Å². The molecule has 2 rings (SSSR count). The first-order chi connectivity index (χ1) is 14.2. The lowest BCUT2D eigenvalue weighted by Crippen LogP contribution is -2.38. The third kappa shape index (κ3) is 7.75. The smallest absolute Gasteiger partial charge is 0.305 e. The van der Waals surface area contributed by atoms with E-state index in [1.165, 1.54) is 6.92 Å². The molecule has 0 fully saturated rings. The van der Waals surface area contributed by atoms with Crippen LogP contribution < -0.4 is 10.6 Å². The molecule has 8 nitrogen and oxygen atoms in total. The summed E-state index contributed by atoms with van der Waals surface area (Å²) in [6.07, 6.45) is -0.469. The summed E-state index contributed by atoms with van der Waals surface area (Å²) in [6, 6.07) is 14.2. The molecular weight excluding hydrogens is 388 g/mol. The van der Waals surface area contributed by atoms with Crippen molar-refractivity contribution in [1.29, 1.82) is 0 Å². The molecule has 0 aromatic heterocycles. The quantitative estimate of drug-likeness (QED) is 0.474. The molecule has 0 aliphatic carbocycles. The average molecular weight is 412 g/mol. The molecular formula is C22H24N2O6. The van der Waals surface area contributed by atoms with Crippen LogP contribution in [0.4, 0.5) is 5.69 Å². The number of carboxylic acids is 2. The second-order valence-electron chi connectivity index (χ2n) is 6.92. The highest BCUT2D eigenvalue weighted by molar-refractivity contribution is 5.89. The van der Waals surface area contributed by atoms with Gasteiger partial charge in [0.25, 0.3) is 0 Å². The number of anilines is 1. The largest absolute Gasteiger partial charge is 0.481 e. The fourth-order valence-corrected chi connectivity index (χ4v) is 3.00. The number of benzene rings is 2. The van der Waals surface area contributed by atoms with Gasteiger partial charge in [0, 0.05) is 25.1 Å². The summed E-state index contributed by atoms with van der Waals surface area (Å²) >= 11 is 0. The van der Waals surface area contributed by atoms with E-state index in [-0.39, 0.29) is 25.2 Å². The van der Waals surface area contributed by atoms with Crippen LogP contribution in [0.25, 0.3) is 11.1 Å². The number of carbonyl (C=O) groups is 4. The maximum Gasteiger partial charge on any atom is 0.305 e. The van der Waals surface area contributed by atoms with Crippen molar-refractivity contribution in [2.45, 2.75) is 38.6 Å². The first-order valence-electron chi connectivity index (χ1n) is 9.43. The Morgan fingerprint density at radius 1 is 0.900 bits per heavy atom. The Morgan fingerprint density at radius 3 is 2.20 bits per heavy atom. The fourth-order valence-electron chi connectivity index (χ4n) is 3.00. The number of hydrogen-bond acceptors (Lipinski definition) is 4. The number of amides is 2. The maximum absolute atomic E-state index is 11.9. The molecule has 0 aliphatic heterocycles. The highest BCUT2D eigenvalue weighted by Gasteiger charge is 2.17. The van der Waals surface area contributed by atoms with E-state index < -0.39 is 23.9 Å².